The van der Waals surface area contributed by atoms with E-state index in [1.165, 1.54) is 18.3 Å². The van der Waals surface area contributed by atoms with Crippen LogP contribution in [0, 0.1) is 13.8 Å². The summed E-state index contributed by atoms with van der Waals surface area (Å²) in [6.45, 7) is 3.73. The summed E-state index contributed by atoms with van der Waals surface area (Å²) in [6, 6.07) is 12.8. The van der Waals surface area contributed by atoms with Crippen molar-refractivity contribution in [1.82, 2.24) is 15.1 Å². The van der Waals surface area contributed by atoms with Crippen LogP contribution < -0.4 is 5.32 Å². The molecule has 1 atom stereocenters. The van der Waals surface area contributed by atoms with Crippen LogP contribution in [0.1, 0.15) is 27.2 Å². The first-order chi connectivity index (χ1) is 13.3. The molecular formula is C21H21N3O4. The number of amides is 1. The van der Waals surface area contributed by atoms with Crippen molar-refractivity contribution < 1.29 is 19.8 Å². The van der Waals surface area contributed by atoms with Crippen molar-refractivity contribution in [3.63, 3.8) is 0 Å². The van der Waals surface area contributed by atoms with Crippen LogP contribution in [0.25, 0.3) is 5.69 Å². The third-order valence-corrected chi connectivity index (χ3v) is 4.48. The predicted molar refractivity (Wildman–Crippen MR) is 104 cm³/mol. The number of nitrogens with one attached hydrogen (secondary N) is 1. The molecule has 1 heterocycles. The minimum Gasteiger partial charge on any atom is -0.508 e. The number of benzene rings is 2. The van der Waals surface area contributed by atoms with Gasteiger partial charge in [0.05, 0.1) is 23.1 Å². The Morgan fingerprint density at radius 2 is 1.86 bits per heavy atom. The molecule has 1 amide bonds. The van der Waals surface area contributed by atoms with Gasteiger partial charge in [-0.1, -0.05) is 24.3 Å². The number of aliphatic carboxylic acids is 1. The Hall–Kier alpha value is -3.61. The van der Waals surface area contributed by atoms with Gasteiger partial charge in [0.1, 0.15) is 11.8 Å². The summed E-state index contributed by atoms with van der Waals surface area (Å²) in [4.78, 5) is 24.3. The SMILES string of the molecule is Cc1cccc(-n2ncc(C(=O)N[C@@H](Cc3ccc(O)cc3)C(=O)O)c2C)c1. The number of hydrogen-bond acceptors (Lipinski definition) is 4. The van der Waals surface area contributed by atoms with Crippen LogP contribution in [-0.4, -0.2) is 37.9 Å². The fourth-order valence-electron chi connectivity index (χ4n) is 2.96. The van der Waals surface area contributed by atoms with Crippen molar-refractivity contribution >= 4 is 11.9 Å². The van der Waals surface area contributed by atoms with Gasteiger partial charge in [0, 0.05) is 6.42 Å². The van der Waals surface area contributed by atoms with Crippen molar-refractivity contribution in [2.24, 2.45) is 0 Å². The first kappa shape index (κ1) is 19.2. The molecule has 0 saturated carbocycles. The van der Waals surface area contributed by atoms with Crippen LogP contribution in [0.4, 0.5) is 0 Å². The largest absolute Gasteiger partial charge is 0.508 e. The van der Waals surface area contributed by atoms with Gasteiger partial charge >= 0.3 is 5.97 Å². The monoisotopic (exact) mass is 379 g/mol. The van der Waals surface area contributed by atoms with Crippen molar-refractivity contribution in [2.75, 3.05) is 0 Å². The molecule has 0 aliphatic heterocycles. The number of rotatable bonds is 6. The summed E-state index contributed by atoms with van der Waals surface area (Å²) in [5.41, 5.74) is 3.53. The van der Waals surface area contributed by atoms with Crippen LogP contribution in [0.5, 0.6) is 5.75 Å². The summed E-state index contributed by atoms with van der Waals surface area (Å²) in [6.07, 6.45) is 1.54. The summed E-state index contributed by atoms with van der Waals surface area (Å²) in [7, 11) is 0. The molecule has 0 saturated heterocycles. The van der Waals surface area contributed by atoms with Crippen LogP contribution in [0.2, 0.25) is 0 Å². The van der Waals surface area contributed by atoms with E-state index in [9.17, 15) is 19.8 Å². The number of carbonyl (C=O) groups excluding carboxylic acids is 1. The third kappa shape index (κ3) is 4.20. The number of aryl methyl sites for hydroxylation is 1. The highest BCUT2D eigenvalue weighted by atomic mass is 16.4. The molecule has 0 bridgehead atoms. The van der Waals surface area contributed by atoms with Crippen molar-refractivity contribution in [2.45, 2.75) is 26.3 Å². The first-order valence-electron chi connectivity index (χ1n) is 8.78. The van der Waals surface area contributed by atoms with Gasteiger partial charge < -0.3 is 15.5 Å². The molecule has 3 N–H and O–H groups in total. The Kier molecular flexibility index (Phi) is 5.44. The van der Waals surface area contributed by atoms with E-state index in [0.29, 0.717) is 16.8 Å². The normalized spacial score (nSPS) is 11.8. The highest BCUT2D eigenvalue weighted by molar-refractivity contribution is 5.97. The maximum Gasteiger partial charge on any atom is 0.326 e. The number of hydrogen-bond donors (Lipinski definition) is 3. The molecule has 1 aromatic heterocycles. The molecule has 7 nitrogen and oxygen atoms in total. The van der Waals surface area contributed by atoms with Crippen LogP contribution in [0.15, 0.2) is 54.7 Å². The second-order valence-electron chi connectivity index (χ2n) is 6.63. The molecule has 0 fully saturated rings. The average molecular weight is 379 g/mol. The molecule has 3 aromatic rings. The molecule has 0 aliphatic carbocycles. The molecule has 0 spiro atoms. The van der Waals surface area contributed by atoms with E-state index in [4.69, 9.17) is 0 Å². The summed E-state index contributed by atoms with van der Waals surface area (Å²) in [5.74, 6) is -1.54. The molecule has 0 unspecified atom stereocenters. The molecule has 144 valence electrons. The zero-order chi connectivity index (χ0) is 20.3. The Balaban J connectivity index is 1.79. The Morgan fingerprint density at radius 3 is 2.50 bits per heavy atom. The van der Waals surface area contributed by atoms with E-state index in [1.807, 2.05) is 31.2 Å². The lowest BCUT2D eigenvalue weighted by Gasteiger charge is -2.15. The lowest BCUT2D eigenvalue weighted by molar-refractivity contribution is -0.139. The first-order valence-corrected chi connectivity index (χ1v) is 8.78. The van der Waals surface area contributed by atoms with E-state index in [2.05, 4.69) is 10.4 Å². The molecule has 2 aromatic carbocycles. The maximum atomic E-state index is 12.7. The zero-order valence-electron chi connectivity index (χ0n) is 15.6. The molecule has 3 rings (SSSR count). The highest BCUT2D eigenvalue weighted by Crippen LogP contribution is 2.16. The maximum absolute atomic E-state index is 12.7. The van der Waals surface area contributed by atoms with Gasteiger partial charge in [-0.3, -0.25) is 4.79 Å². The smallest absolute Gasteiger partial charge is 0.326 e. The molecule has 0 radical (unpaired) electrons. The van der Waals surface area contributed by atoms with Gasteiger partial charge in [0.25, 0.3) is 5.91 Å². The quantitative estimate of drug-likeness (QED) is 0.611. The highest BCUT2D eigenvalue weighted by Gasteiger charge is 2.23. The summed E-state index contributed by atoms with van der Waals surface area (Å²) < 4.78 is 1.65. The van der Waals surface area contributed by atoms with Gasteiger partial charge in [-0.2, -0.15) is 5.10 Å². The Morgan fingerprint density at radius 1 is 1.14 bits per heavy atom. The van der Waals surface area contributed by atoms with Gasteiger partial charge in [-0.05, 0) is 49.2 Å². The number of aromatic nitrogens is 2. The van der Waals surface area contributed by atoms with E-state index in [1.54, 1.807) is 23.7 Å². The second-order valence-corrected chi connectivity index (χ2v) is 6.63. The minimum absolute atomic E-state index is 0.0962. The molecule has 28 heavy (non-hydrogen) atoms. The van der Waals surface area contributed by atoms with E-state index >= 15 is 0 Å². The van der Waals surface area contributed by atoms with Gasteiger partial charge in [0.2, 0.25) is 0 Å². The van der Waals surface area contributed by atoms with Crippen LogP contribution >= 0.6 is 0 Å². The minimum atomic E-state index is -1.13. The zero-order valence-corrected chi connectivity index (χ0v) is 15.6. The van der Waals surface area contributed by atoms with E-state index < -0.39 is 17.9 Å². The number of nitrogens with zero attached hydrogens (tertiary/aromatic N) is 2. The Bertz CT molecular complexity index is 1010. The second kappa shape index (κ2) is 7.96. The lowest BCUT2D eigenvalue weighted by atomic mass is 10.1. The third-order valence-electron chi connectivity index (χ3n) is 4.48. The Labute approximate surface area is 162 Å². The number of phenols is 1. The van der Waals surface area contributed by atoms with Crippen molar-refractivity contribution in [1.29, 1.82) is 0 Å². The van der Waals surface area contributed by atoms with Gasteiger partial charge in [-0.15, -0.1) is 0 Å². The fraction of sp³-hybridized carbons (Fsp3) is 0.190. The van der Waals surface area contributed by atoms with Crippen molar-refractivity contribution in [3.8, 4) is 11.4 Å². The van der Waals surface area contributed by atoms with E-state index in [0.717, 1.165) is 11.3 Å². The molecule has 0 aliphatic rings. The number of carboxylic acids is 1. The van der Waals surface area contributed by atoms with Crippen LogP contribution in [-0.2, 0) is 11.2 Å². The summed E-state index contributed by atoms with van der Waals surface area (Å²) in [5, 5.41) is 25.7. The number of carbonyl (C=O) groups is 2. The van der Waals surface area contributed by atoms with Crippen molar-refractivity contribution in [3.05, 3.63) is 77.1 Å². The molecule has 7 heteroatoms. The van der Waals surface area contributed by atoms with Crippen LogP contribution in [0.3, 0.4) is 0 Å². The fourth-order valence-corrected chi connectivity index (χ4v) is 2.96. The topological polar surface area (TPSA) is 104 Å². The van der Waals surface area contributed by atoms with E-state index in [-0.39, 0.29) is 12.2 Å². The number of phenolic OH excluding ortho intramolecular Hbond substituents is 1. The van der Waals surface area contributed by atoms with Gasteiger partial charge in [-0.25, -0.2) is 9.48 Å². The number of carboxylic acid groups (broad SMARTS) is 1. The average Bonchev–Trinajstić information content (AvgIpc) is 3.04. The lowest BCUT2D eigenvalue weighted by Crippen LogP contribution is -2.42. The summed E-state index contributed by atoms with van der Waals surface area (Å²) >= 11 is 0. The number of aromatic hydroxyl groups is 1. The molecular weight excluding hydrogens is 358 g/mol. The van der Waals surface area contributed by atoms with Gasteiger partial charge in [0.15, 0.2) is 0 Å². The standard InChI is InChI=1S/C21H21N3O4/c1-13-4-3-5-16(10-13)24-14(2)18(12-22-24)20(26)23-19(21(27)28)11-15-6-8-17(25)9-7-15/h3-10,12,19,25H,11H2,1-2H3,(H,23,26)(H,27,28)/t19-/m0/s1. The predicted octanol–water partition coefficient (Wildman–Crippen LogP) is 2.62.